The van der Waals surface area contributed by atoms with Gasteiger partial charge < -0.3 is 19.4 Å². The predicted molar refractivity (Wildman–Crippen MR) is 103 cm³/mol. The Morgan fingerprint density at radius 2 is 1.67 bits per heavy atom. The zero-order valence-electron chi connectivity index (χ0n) is 16.3. The number of hydrogen-bond acceptors (Lipinski definition) is 9. The molecule has 0 spiro atoms. The van der Waals surface area contributed by atoms with E-state index in [2.05, 4.69) is 39.1 Å². The highest BCUT2D eigenvalue weighted by Gasteiger charge is 2.29. The zero-order valence-corrected chi connectivity index (χ0v) is 16.3. The smallest absolute Gasteiger partial charge is 0.245 e. The molecule has 1 saturated heterocycles. The maximum absolute atomic E-state index is 5.53. The molecule has 0 bridgehead atoms. The molecule has 9 heteroatoms. The van der Waals surface area contributed by atoms with Gasteiger partial charge in [-0.05, 0) is 37.3 Å². The number of anilines is 2. The van der Waals surface area contributed by atoms with Crippen LogP contribution < -0.4 is 9.80 Å². The fraction of sp³-hybridized carbons (Fsp3) is 0.778. The second-order valence-corrected chi connectivity index (χ2v) is 7.67. The monoisotopic (exact) mass is 375 g/mol. The Labute approximate surface area is 159 Å². The average Bonchev–Trinajstić information content (AvgIpc) is 3.16. The lowest BCUT2D eigenvalue weighted by atomic mass is 9.94. The van der Waals surface area contributed by atoms with Crippen molar-refractivity contribution in [3.8, 4) is 0 Å². The Balaban J connectivity index is 1.73. The SMILES string of the molecule is CN(C)CCN(c1nc2nonc2nc1N1CCOCC1)C1CCCCC1. The van der Waals surface area contributed by atoms with E-state index in [1.165, 1.54) is 32.1 Å². The number of morpholine rings is 1. The van der Waals surface area contributed by atoms with Crippen molar-refractivity contribution in [3.05, 3.63) is 0 Å². The van der Waals surface area contributed by atoms with Crippen LogP contribution in [-0.4, -0.2) is 84.7 Å². The third-order valence-electron chi connectivity index (χ3n) is 5.46. The molecule has 1 aliphatic carbocycles. The van der Waals surface area contributed by atoms with E-state index in [9.17, 15) is 0 Å². The van der Waals surface area contributed by atoms with E-state index < -0.39 is 0 Å². The minimum absolute atomic E-state index is 0.469. The first-order valence-corrected chi connectivity index (χ1v) is 9.97. The van der Waals surface area contributed by atoms with Gasteiger partial charge >= 0.3 is 0 Å². The Hall–Kier alpha value is -2.00. The van der Waals surface area contributed by atoms with Crippen molar-refractivity contribution < 1.29 is 9.37 Å². The average molecular weight is 375 g/mol. The molecule has 1 saturated carbocycles. The summed E-state index contributed by atoms with van der Waals surface area (Å²) in [5, 5.41) is 7.87. The molecule has 148 valence electrons. The van der Waals surface area contributed by atoms with Crippen LogP contribution >= 0.6 is 0 Å². The number of likely N-dealkylation sites (N-methyl/N-ethyl adjacent to an activating group) is 1. The molecule has 9 nitrogen and oxygen atoms in total. The van der Waals surface area contributed by atoms with Crippen molar-refractivity contribution in [1.82, 2.24) is 25.2 Å². The van der Waals surface area contributed by atoms with Gasteiger partial charge in [0, 0.05) is 32.2 Å². The van der Waals surface area contributed by atoms with Crippen LogP contribution in [0.5, 0.6) is 0 Å². The highest BCUT2D eigenvalue weighted by atomic mass is 16.6. The Morgan fingerprint density at radius 1 is 0.963 bits per heavy atom. The summed E-state index contributed by atoms with van der Waals surface area (Å²) in [6.07, 6.45) is 6.28. The Bertz CT molecular complexity index is 738. The van der Waals surface area contributed by atoms with Crippen LogP contribution in [0.15, 0.2) is 4.63 Å². The van der Waals surface area contributed by atoms with E-state index in [1.807, 2.05) is 0 Å². The van der Waals surface area contributed by atoms with Crippen LogP contribution in [-0.2, 0) is 4.74 Å². The molecule has 4 rings (SSSR count). The summed E-state index contributed by atoms with van der Waals surface area (Å²) in [6, 6.07) is 0.491. The summed E-state index contributed by atoms with van der Waals surface area (Å²) in [6.45, 7) is 4.92. The minimum Gasteiger partial charge on any atom is -0.378 e. The highest BCUT2D eigenvalue weighted by molar-refractivity contribution is 5.75. The van der Waals surface area contributed by atoms with Crippen molar-refractivity contribution in [3.63, 3.8) is 0 Å². The molecule has 0 N–H and O–H groups in total. The van der Waals surface area contributed by atoms with E-state index in [0.29, 0.717) is 30.5 Å². The van der Waals surface area contributed by atoms with Crippen LogP contribution in [0.1, 0.15) is 32.1 Å². The lowest BCUT2D eigenvalue weighted by molar-refractivity contribution is 0.122. The first-order chi connectivity index (χ1) is 13.2. The van der Waals surface area contributed by atoms with Gasteiger partial charge in [-0.25, -0.2) is 14.6 Å². The largest absolute Gasteiger partial charge is 0.378 e. The van der Waals surface area contributed by atoms with Gasteiger partial charge in [0.2, 0.25) is 11.3 Å². The van der Waals surface area contributed by atoms with Crippen molar-refractivity contribution in [1.29, 1.82) is 0 Å². The molecule has 0 amide bonds. The number of ether oxygens (including phenoxy) is 1. The van der Waals surface area contributed by atoms with Gasteiger partial charge in [0.15, 0.2) is 11.6 Å². The molecule has 0 unspecified atom stereocenters. The summed E-state index contributed by atoms with van der Waals surface area (Å²) in [5.41, 5.74) is 0.948. The van der Waals surface area contributed by atoms with Gasteiger partial charge in [-0.3, -0.25) is 0 Å². The Kier molecular flexibility index (Phi) is 5.68. The molecule has 3 heterocycles. The van der Waals surface area contributed by atoms with Gasteiger partial charge in [-0.1, -0.05) is 19.3 Å². The highest BCUT2D eigenvalue weighted by Crippen LogP contribution is 2.33. The molecular weight excluding hydrogens is 346 g/mol. The van der Waals surface area contributed by atoms with E-state index in [4.69, 9.17) is 19.3 Å². The summed E-state index contributed by atoms with van der Waals surface area (Å²) < 4.78 is 10.4. The fourth-order valence-corrected chi connectivity index (χ4v) is 3.96. The maximum atomic E-state index is 5.53. The third-order valence-corrected chi connectivity index (χ3v) is 5.46. The van der Waals surface area contributed by atoms with E-state index >= 15 is 0 Å². The number of nitrogens with zero attached hydrogens (tertiary/aromatic N) is 7. The van der Waals surface area contributed by atoms with Gasteiger partial charge in [0.1, 0.15) is 0 Å². The number of aromatic nitrogens is 4. The van der Waals surface area contributed by atoms with Crippen LogP contribution in [0.2, 0.25) is 0 Å². The number of rotatable bonds is 6. The molecule has 2 fully saturated rings. The normalized spacial score (nSPS) is 19.1. The van der Waals surface area contributed by atoms with Crippen molar-refractivity contribution >= 4 is 22.9 Å². The topological polar surface area (TPSA) is 83.7 Å². The van der Waals surface area contributed by atoms with Crippen LogP contribution in [0.25, 0.3) is 11.3 Å². The molecule has 0 atom stereocenters. The summed E-state index contributed by atoms with van der Waals surface area (Å²) in [4.78, 5) is 16.6. The first kappa shape index (κ1) is 18.4. The summed E-state index contributed by atoms with van der Waals surface area (Å²) >= 11 is 0. The van der Waals surface area contributed by atoms with E-state index in [-0.39, 0.29) is 0 Å². The van der Waals surface area contributed by atoms with Crippen LogP contribution in [0, 0.1) is 0 Å². The van der Waals surface area contributed by atoms with Crippen molar-refractivity contribution in [2.24, 2.45) is 0 Å². The standard InChI is InChI=1S/C18H29N7O2/c1-23(2)8-9-25(14-6-4-3-5-7-14)18-17(24-10-12-26-13-11-24)19-15-16(20-18)22-27-21-15/h14H,3-13H2,1-2H3. The van der Waals surface area contributed by atoms with Crippen LogP contribution in [0.4, 0.5) is 11.6 Å². The summed E-state index contributed by atoms with van der Waals surface area (Å²) in [7, 11) is 4.22. The second-order valence-electron chi connectivity index (χ2n) is 7.67. The van der Waals surface area contributed by atoms with Gasteiger partial charge in [0.05, 0.1) is 13.2 Å². The third kappa shape index (κ3) is 4.14. The maximum Gasteiger partial charge on any atom is 0.245 e. The molecule has 1 aliphatic heterocycles. The van der Waals surface area contributed by atoms with E-state index in [0.717, 1.165) is 37.8 Å². The Morgan fingerprint density at radius 3 is 2.37 bits per heavy atom. The van der Waals surface area contributed by atoms with E-state index in [1.54, 1.807) is 0 Å². The lowest BCUT2D eigenvalue weighted by Crippen LogP contribution is -2.44. The molecular formula is C18H29N7O2. The predicted octanol–water partition coefficient (Wildman–Crippen LogP) is 1.55. The molecule has 2 aromatic heterocycles. The number of hydrogen-bond donors (Lipinski definition) is 0. The summed E-state index contributed by atoms with van der Waals surface area (Å²) in [5.74, 6) is 1.79. The zero-order chi connectivity index (χ0) is 18.6. The van der Waals surface area contributed by atoms with Gasteiger partial charge in [-0.15, -0.1) is 0 Å². The molecule has 2 aromatic rings. The van der Waals surface area contributed by atoms with Gasteiger partial charge in [-0.2, -0.15) is 0 Å². The molecule has 0 radical (unpaired) electrons. The molecule has 27 heavy (non-hydrogen) atoms. The molecule has 0 aromatic carbocycles. The lowest BCUT2D eigenvalue weighted by Gasteiger charge is -2.38. The van der Waals surface area contributed by atoms with Gasteiger partial charge in [0.25, 0.3) is 0 Å². The minimum atomic E-state index is 0.469. The van der Waals surface area contributed by atoms with Crippen molar-refractivity contribution in [2.75, 3.05) is 63.3 Å². The van der Waals surface area contributed by atoms with Crippen molar-refractivity contribution in [2.45, 2.75) is 38.1 Å². The van der Waals surface area contributed by atoms with Crippen LogP contribution in [0.3, 0.4) is 0 Å². The first-order valence-electron chi connectivity index (χ1n) is 9.97. The second kappa shape index (κ2) is 8.35. The molecule has 2 aliphatic rings. The fourth-order valence-electron chi connectivity index (χ4n) is 3.96. The quantitative estimate of drug-likeness (QED) is 0.746. The number of fused-ring (bicyclic) bond motifs is 1.